The number of carbonyl (C=O) groups excluding carboxylic acids is 2. The van der Waals surface area contributed by atoms with Gasteiger partial charge in [-0.1, -0.05) is 11.6 Å². The van der Waals surface area contributed by atoms with E-state index in [1.54, 1.807) is 6.92 Å². The number of Topliss-reactive ketones (excluding diaryl/α,β-unsaturated/α-hetero) is 1. The van der Waals surface area contributed by atoms with Gasteiger partial charge in [-0.2, -0.15) is 13.2 Å². The molecule has 2 aromatic heterocycles. The van der Waals surface area contributed by atoms with Gasteiger partial charge in [-0.25, -0.2) is 15.0 Å². The van der Waals surface area contributed by atoms with Crippen molar-refractivity contribution in [3.05, 3.63) is 46.1 Å². The minimum atomic E-state index is -4.50. The number of rotatable bonds is 8. The topological polar surface area (TPSA) is 94.1 Å². The Bertz CT molecular complexity index is 965. The van der Waals surface area contributed by atoms with Crippen LogP contribution in [0, 0.1) is 12.8 Å². The maximum atomic E-state index is 12.4. The zero-order valence-electron chi connectivity index (χ0n) is 15.9. The number of ether oxygens (including phenoxy) is 1. The lowest BCUT2D eigenvalue weighted by atomic mass is 10.2. The number of halogens is 4. The lowest BCUT2D eigenvalue weighted by Gasteiger charge is -2.11. The number of aromatic nitrogens is 3. The maximum Gasteiger partial charge on any atom is 0.422 e. The molecule has 30 heavy (non-hydrogen) atoms. The van der Waals surface area contributed by atoms with E-state index in [1.807, 2.05) is 0 Å². The van der Waals surface area contributed by atoms with Crippen molar-refractivity contribution in [2.45, 2.75) is 38.9 Å². The third-order valence-corrected chi connectivity index (χ3v) is 4.46. The van der Waals surface area contributed by atoms with E-state index in [2.05, 4.69) is 25.0 Å². The fourth-order valence-electron chi connectivity index (χ4n) is 2.62. The van der Waals surface area contributed by atoms with Crippen molar-refractivity contribution in [2.24, 2.45) is 5.92 Å². The number of alkyl halides is 3. The van der Waals surface area contributed by atoms with Gasteiger partial charge in [0.2, 0.25) is 5.88 Å². The Morgan fingerprint density at radius 1 is 1.27 bits per heavy atom. The predicted molar refractivity (Wildman–Crippen MR) is 100 cm³/mol. The average molecular weight is 443 g/mol. The number of carbonyl (C=O) groups is 2. The molecule has 160 valence electrons. The number of amides is 1. The zero-order valence-corrected chi connectivity index (χ0v) is 16.7. The minimum Gasteiger partial charge on any atom is -0.467 e. The second kappa shape index (κ2) is 8.95. The molecule has 0 radical (unpaired) electrons. The second-order valence-corrected chi connectivity index (χ2v) is 7.35. The Morgan fingerprint density at radius 2 is 2.00 bits per heavy atom. The van der Waals surface area contributed by atoms with E-state index in [0.29, 0.717) is 17.1 Å². The number of nitrogens with zero attached hydrogens (tertiary/aromatic N) is 3. The summed E-state index contributed by atoms with van der Waals surface area (Å²) in [5.74, 6) is -0.394. The largest absolute Gasteiger partial charge is 0.467 e. The van der Waals surface area contributed by atoms with Crippen molar-refractivity contribution < 1.29 is 27.5 Å². The summed E-state index contributed by atoms with van der Waals surface area (Å²) in [4.78, 5) is 36.5. The van der Waals surface area contributed by atoms with Crippen LogP contribution in [0.2, 0.25) is 5.02 Å². The molecule has 1 aliphatic rings. The molecule has 0 saturated heterocycles. The van der Waals surface area contributed by atoms with E-state index >= 15 is 0 Å². The van der Waals surface area contributed by atoms with Crippen LogP contribution >= 0.6 is 11.6 Å². The van der Waals surface area contributed by atoms with Crippen molar-refractivity contribution in [1.29, 1.82) is 0 Å². The summed E-state index contributed by atoms with van der Waals surface area (Å²) in [6.07, 6.45) is -1.40. The highest BCUT2D eigenvalue weighted by Gasteiger charge is 2.30. The van der Waals surface area contributed by atoms with Gasteiger partial charge < -0.3 is 10.1 Å². The summed E-state index contributed by atoms with van der Waals surface area (Å²) in [7, 11) is 0. The lowest BCUT2D eigenvalue weighted by molar-refractivity contribution is -0.154. The summed E-state index contributed by atoms with van der Waals surface area (Å²) < 4.78 is 41.2. The van der Waals surface area contributed by atoms with Crippen LogP contribution in [-0.2, 0) is 17.8 Å². The fourth-order valence-corrected chi connectivity index (χ4v) is 2.87. The van der Waals surface area contributed by atoms with Gasteiger partial charge in [-0.3, -0.25) is 9.59 Å². The molecule has 1 fully saturated rings. The average Bonchev–Trinajstić information content (AvgIpc) is 3.49. The van der Waals surface area contributed by atoms with Gasteiger partial charge in [0.1, 0.15) is 22.3 Å². The molecule has 0 spiro atoms. The summed E-state index contributed by atoms with van der Waals surface area (Å²) in [6.45, 7) is 0.214. The van der Waals surface area contributed by atoms with E-state index in [9.17, 15) is 22.8 Å². The predicted octanol–water partition coefficient (Wildman–Crippen LogP) is 3.23. The van der Waals surface area contributed by atoms with Crippen molar-refractivity contribution >= 4 is 23.3 Å². The Kier molecular flexibility index (Phi) is 6.55. The van der Waals surface area contributed by atoms with Gasteiger partial charge >= 0.3 is 6.18 Å². The molecule has 0 aromatic carbocycles. The van der Waals surface area contributed by atoms with Crippen molar-refractivity contribution in [1.82, 2.24) is 20.3 Å². The van der Waals surface area contributed by atoms with Gasteiger partial charge in [0.05, 0.1) is 6.42 Å². The minimum absolute atomic E-state index is 0.0183. The van der Waals surface area contributed by atoms with Crippen LogP contribution in [-0.4, -0.2) is 39.4 Å². The molecule has 0 aliphatic heterocycles. The van der Waals surface area contributed by atoms with Crippen LogP contribution < -0.4 is 10.1 Å². The highest BCUT2D eigenvalue weighted by Crippen LogP contribution is 2.30. The molecule has 3 rings (SSSR count). The van der Waals surface area contributed by atoms with Gasteiger partial charge in [-0.05, 0) is 37.5 Å². The summed E-state index contributed by atoms with van der Waals surface area (Å²) in [6, 6.07) is 2.85. The third kappa shape index (κ3) is 6.38. The van der Waals surface area contributed by atoms with Crippen LogP contribution in [0.1, 0.15) is 40.4 Å². The number of ketones is 1. The molecular weight excluding hydrogens is 425 g/mol. The molecule has 1 amide bonds. The lowest BCUT2D eigenvalue weighted by Crippen LogP contribution is -2.25. The SMILES string of the molecule is Cc1cc(C(=O)NCc2cnc(OCC(F)(F)F)c(Cl)c2)nc(CC(=O)C2CC2)n1. The van der Waals surface area contributed by atoms with E-state index < -0.39 is 18.7 Å². The van der Waals surface area contributed by atoms with Crippen LogP contribution in [0.3, 0.4) is 0 Å². The van der Waals surface area contributed by atoms with Crippen molar-refractivity contribution in [2.75, 3.05) is 6.61 Å². The normalized spacial score (nSPS) is 13.8. The second-order valence-electron chi connectivity index (χ2n) is 6.95. The quantitative estimate of drug-likeness (QED) is 0.674. The molecule has 0 unspecified atom stereocenters. The molecule has 0 atom stereocenters. The van der Waals surface area contributed by atoms with Crippen molar-refractivity contribution in [3.63, 3.8) is 0 Å². The summed E-state index contributed by atoms with van der Waals surface area (Å²) in [5, 5.41) is 2.52. The van der Waals surface area contributed by atoms with Crippen LogP contribution in [0.25, 0.3) is 0 Å². The standard InChI is InChI=1S/C19H18ClF3N4O3/c1-10-4-14(27-16(26-10)6-15(28)12-2-3-12)17(29)24-7-11-5-13(20)18(25-8-11)30-9-19(21,22)23/h4-5,8,12H,2-3,6-7,9H2,1H3,(H,24,29). The van der Waals surface area contributed by atoms with E-state index in [4.69, 9.17) is 11.6 Å². The summed E-state index contributed by atoms with van der Waals surface area (Å²) in [5.41, 5.74) is 1.14. The molecular formula is C19H18ClF3N4O3. The first kappa shape index (κ1) is 21.9. The first-order valence-electron chi connectivity index (χ1n) is 9.10. The van der Waals surface area contributed by atoms with E-state index in [-0.39, 0.29) is 41.3 Å². The highest BCUT2D eigenvalue weighted by molar-refractivity contribution is 6.31. The Balaban J connectivity index is 1.60. The zero-order chi connectivity index (χ0) is 21.9. The maximum absolute atomic E-state index is 12.4. The smallest absolute Gasteiger partial charge is 0.422 e. The molecule has 1 N–H and O–H groups in total. The highest BCUT2D eigenvalue weighted by atomic mass is 35.5. The molecule has 2 heterocycles. The molecule has 1 aliphatic carbocycles. The number of nitrogens with one attached hydrogen (secondary N) is 1. The Hall–Kier alpha value is -2.75. The molecule has 7 nitrogen and oxygen atoms in total. The first-order chi connectivity index (χ1) is 14.1. The Morgan fingerprint density at radius 3 is 2.63 bits per heavy atom. The third-order valence-electron chi connectivity index (χ3n) is 4.19. The van der Waals surface area contributed by atoms with Crippen LogP contribution in [0.5, 0.6) is 5.88 Å². The fraction of sp³-hybridized carbons (Fsp3) is 0.421. The van der Waals surface area contributed by atoms with E-state index in [0.717, 1.165) is 12.8 Å². The number of hydrogen-bond donors (Lipinski definition) is 1. The number of pyridine rings is 1. The molecule has 11 heteroatoms. The van der Waals surface area contributed by atoms with Crippen LogP contribution in [0.4, 0.5) is 13.2 Å². The van der Waals surface area contributed by atoms with Gasteiger partial charge in [0.25, 0.3) is 5.91 Å². The molecule has 2 aromatic rings. The monoisotopic (exact) mass is 442 g/mol. The van der Waals surface area contributed by atoms with Gasteiger partial charge in [0.15, 0.2) is 6.61 Å². The number of hydrogen-bond acceptors (Lipinski definition) is 6. The summed E-state index contributed by atoms with van der Waals surface area (Å²) >= 11 is 5.89. The number of aryl methyl sites for hydroxylation is 1. The Labute approximate surface area is 175 Å². The van der Waals surface area contributed by atoms with Crippen LogP contribution in [0.15, 0.2) is 18.3 Å². The van der Waals surface area contributed by atoms with Gasteiger partial charge in [-0.15, -0.1) is 0 Å². The van der Waals surface area contributed by atoms with Crippen molar-refractivity contribution in [3.8, 4) is 5.88 Å². The van der Waals surface area contributed by atoms with Gasteiger partial charge in [0, 0.05) is 24.4 Å². The molecule has 0 bridgehead atoms. The van der Waals surface area contributed by atoms with E-state index in [1.165, 1.54) is 18.3 Å². The first-order valence-corrected chi connectivity index (χ1v) is 9.48. The molecule has 1 saturated carbocycles.